The molecule has 2 N–H and O–H groups in total. The van der Waals surface area contributed by atoms with E-state index in [0.717, 1.165) is 17.7 Å². The highest BCUT2D eigenvalue weighted by Crippen LogP contribution is 2.36. The zero-order valence-electron chi connectivity index (χ0n) is 15.2. The summed E-state index contributed by atoms with van der Waals surface area (Å²) in [5, 5.41) is 9.83. The summed E-state index contributed by atoms with van der Waals surface area (Å²) in [7, 11) is 0. The van der Waals surface area contributed by atoms with Gasteiger partial charge in [-0.15, -0.1) is 0 Å². The fourth-order valence-corrected chi connectivity index (χ4v) is 3.43. The second kappa shape index (κ2) is 7.49. The van der Waals surface area contributed by atoms with Crippen molar-refractivity contribution in [3.63, 3.8) is 0 Å². The molecule has 2 amide bonds. The Bertz CT molecular complexity index is 1140. The van der Waals surface area contributed by atoms with Crippen LogP contribution in [-0.4, -0.2) is 21.6 Å². The Hall–Kier alpha value is -3.33. The first-order chi connectivity index (χ1) is 14.2. The third-order valence-electron chi connectivity index (χ3n) is 4.62. The van der Waals surface area contributed by atoms with Gasteiger partial charge in [0.15, 0.2) is 0 Å². The molecule has 30 heavy (non-hydrogen) atoms. The Morgan fingerprint density at radius 1 is 1.20 bits per heavy atom. The van der Waals surface area contributed by atoms with Crippen LogP contribution in [0.25, 0.3) is 11.1 Å². The van der Waals surface area contributed by atoms with Gasteiger partial charge in [-0.3, -0.25) is 9.59 Å². The van der Waals surface area contributed by atoms with Gasteiger partial charge in [-0.2, -0.15) is 18.3 Å². The number of carbonyl (C=O) groups is 2. The molecule has 2 aromatic carbocycles. The van der Waals surface area contributed by atoms with Gasteiger partial charge in [0.25, 0.3) is 5.91 Å². The summed E-state index contributed by atoms with van der Waals surface area (Å²) in [6.45, 7) is 0. The average Bonchev–Trinajstić information content (AvgIpc) is 3.21. The molecule has 1 aromatic heterocycles. The van der Waals surface area contributed by atoms with Gasteiger partial charge in [-0.25, -0.2) is 4.68 Å². The van der Waals surface area contributed by atoms with E-state index in [-0.39, 0.29) is 12.1 Å². The number of fused-ring (bicyclic) bond motifs is 1. The van der Waals surface area contributed by atoms with Crippen LogP contribution >= 0.6 is 11.6 Å². The Kier molecular flexibility index (Phi) is 4.98. The normalized spacial score (nSPS) is 15.6. The van der Waals surface area contributed by atoms with Crippen molar-refractivity contribution in [3.8, 4) is 11.1 Å². The summed E-state index contributed by atoms with van der Waals surface area (Å²) < 4.78 is 39.9. The molecule has 0 spiro atoms. The van der Waals surface area contributed by atoms with Gasteiger partial charge in [0.1, 0.15) is 11.9 Å². The van der Waals surface area contributed by atoms with Crippen molar-refractivity contribution in [1.29, 1.82) is 0 Å². The molecule has 0 fully saturated rings. The molecule has 0 bridgehead atoms. The van der Waals surface area contributed by atoms with E-state index < -0.39 is 29.6 Å². The van der Waals surface area contributed by atoms with Crippen LogP contribution in [0.1, 0.15) is 18.0 Å². The van der Waals surface area contributed by atoms with Crippen molar-refractivity contribution in [3.05, 3.63) is 65.3 Å². The van der Waals surface area contributed by atoms with E-state index >= 15 is 0 Å². The molecular weight excluding hydrogens is 421 g/mol. The molecule has 1 aliphatic rings. The Morgan fingerprint density at radius 2 is 1.97 bits per heavy atom. The van der Waals surface area contributed by atoms with E-state index in [4.69, 9.17) is 11.6 Å². The van der Waals surface area contributed by atoms with E-state index in [9.17, 15) is 22.8 Å². The monoisotopic (exact) mass is 434 g/mol. The highest BCUT2D eigenvalue weighted by molar-refractivity contribution is 6.30. The number of carbonyl (C=O) groups excluding carboxylic acids is 2. The standard InChI is InChI=1S/C20H14ClF3N4O2/c21-13-5-1-3-11(7-13)15-10-25-28-16(19(30)27-18(15)28)9-17(29)26-14-6-2-4-12(8-14)20(22,23)24/h1-8,10,16H,9H2,(H,26,29)(H,27,30). The predicted octanol–water partition coefficient (Wildman–Crippen LogP) is 4.74. The van der Waals surface area contributed by atoms with E-state index in [0.29, 0.717) is 16.4 Å². The lowest BCUT2D eigenvalue weighted by atomic mass is 10.1. The molecule has 1 unspecified atom stereocenters. The number of rotatable bonds is 4. The number of hydrogen-bond donors (Lipinski definition) is 2. The molecule has 1 aliphatic heterocycles. The van der Waals surface area contributed by atoms with Crippen LogP contribution in [0.4, 0.5) is 24.7 Å². The van der Waals surface area contributed by atoms with Gasteiger partial charge < -0.3 is 10.6 Å². The van der Waals surface area contributed by atoms with Crippen LogP contribution < -0.4 is 10.6 Å². The van der Waals surface area contributed by atoms with Crippen LogP contribution in [0.3, 0.4) is 0 Å². The second-order valence-corrected chi connectivity index (χ2v) is 7.13. The van der Waals surface area contributed by atoms with Crippen molar-refractivity contribution in [2.24, 2.45) is 0 Å². The van der Waals surface area contributed by atoms with Gasteiger partial charge in [0.05, 0.1) is 18.2 Å². The number of halogens is 4. The molecule has 4 rings (SSSR count). The smallest absolute Gasteiger partial charge is 0.326 e. The fourth-order valence-electron chi connectivity index (χ4n) is 3.24. The summed E-state index contributed by atoms with van der Waals surface area (Å²) in [6.07, 6.45) is -3.25. The summed E-state index contributed by atoms with van der Waals surface area (Å²) >= 11 is 6.02. The largest absolute Gasteiger partial charge is 0.416 e. The Labute approximate surface area is 173 Å². The SMILES string of the molecule is O=C(CC1C(=O)Nc2c(-c3cccc(Cl)c3)cnn21)Nc1cccc(C(F)(F)F)c1. The number of amides is 2. The highest BCUT2D eigenvalue weighted by Gasteiger charge is 2.35. The van der Waals surface area contributed by atoms with Crippen LogP contribution in [0.2, 0.25) is 5.02 Å². The van der Waals surface area contributed by atoms with Gasteiger partial charge in [-0.05, 0) is 35.9 Å². The molecule has 2 heterocycles. The Morgan fingerprint density at radius 3 is 2.70 bits per heavy atom. The quantitative estimate of drug-likeness (QED) is 0.622. The van der Waals surface area contributed by atoms with Gasteiger partial charge in [-0.1, -0.05) is 29.8 Å². The third-order valence-corrected chi connectivity index (χ3v) is 4.86. The number of nitrogens with zero attached hydrogens (tertiary/aromatic N) is 2. The number of benzene rings is 2. The maximum absolute atomic E-state index is 12.8. The molecule has 0 saturated heterocycles. The Balaban J connectivity index is 1.52. The lowest BCUT2D eigenvalue weighted by Crippen LogP contribution is -2.23. The van der Waals surface area contributed by atoms with Crippen LogP contribution in [0.15, 0.2) is 54.7 Å². The van der Waals surface area contributed by atoms with E-state index in [1.54, 1.807) is 24.4 Å². The second-order valence-electron chi connectivity index (χ2n) is 6.70. The molecule has 0 aliphatic carbocycles. The van der Waals surface area contributed by atoms with Crippen molar-refractivity contribution in [1.82, 2.24) is 9.78 Å². The maximum Gasteiger partial charge on any atom is 0.416 e. The number of anilines is 2. The molecule has 6 nitrogen and oxygen atoms in total. The van der Waals surface area contributed by atoms with Crippen molar-refractivity contribution < 1.29 is 22.8 Å². The minimum Gasteiger partial charge on any atom is -0.326 e. The molecule has 0 saturated carbocycles. The highest BCUT2D eigenvalue weighted by atomic mass is 35.5. The average molecular weight is 435 g/mol. The first-order valence-electron chi connectivity index (χ1n) is 8.84. The number of aromatic nitrogens is 2. The number of hydrogen-bond acceptors (Lipinski definition) is 3. The lowest BCUT2D eigenvalue weighted by Gasteiger charge is -2.12. The van der Waals surface area contributed by atoms with Gasteiger partial charge in [0, 0.05) is 16.3 Å². The first kappa shape index (κ1) is 20.0. The minimum atomic E-state index is -4.52. The minimum absolute atomic E-state index is 0.00599. The van der Waals surface area contributed by atoms with Crippen LogP contribution in [-0.2, 0) is 15.8 Å². The zero-order chi connectivity index (χ0) is 21.5. The molecule has 154 valence electrons. The third kappa shape index (κ3) is 3.88. The van der Waals surface area contributed by atoms with E-state index in [1.165, 1.54) is 16.8 Å². The zero-order valence-corrected chi connectivity index (χ0v) is 16.0. The molecule has 1 atom stereocenters. The summed E-state index contributed by atoms with van der Waals surface area (Å²) in [5.41, 5.74) is 0.512. The van der Waals surface area contributed by atoms with Crippen molar-refractivity contribution in [2.75, 3.05) is 10.6 Å². The topological polar surface area (TPSA) is 76.0 Å². The van der Waals surface area contributed by atoms with E-state index in [2.05, 4.69) is 15.7 Å². The van der Waals surface area contributed by atoms with Crippen molar-refractivity contribution in [2.45, 2.75) is 18.6 Å². The fraction of sp³-hybridized carbons (Fsp3) is 0.150. The first-order valence-corrected chi connectivity index (χ1v) is 9.21. The maximum atomic E-state index is 12.8. The number of alkyl halides is 3. The molecular formula is C20H14ClF3N4O2. The summed E-state index contributed by atoms with van der Waals surface area (Å²) in [5.74, 6) is -0.609. The van der Waals surface area contributed by atoms with Crippen LogP contribution in [0.5, 0.6) is 0 Å². The van der Waals surface area contributed by atoms with Crippen LogP contribution in [0, 0.1) is 0 Å². The molecule has 0 radical (unpaired) electrons. The van der Waals surface area contributed by atoms with Crippen molar-refractivity contribution >= 4 is 34.9 Å². The van der Waals surface area contributed by atoms with Gasteiger partial charge >= 0.3 is 6.18 Å². The molecule has 3 aromatic rings. The summed E-state index contributed by atoms with van der Waals surface area (Å²) in [4.78, 5) is 24.8. The predicted molar refractivity (Wildman–Crippen MR) is 105 cm³/mol. The summed E-state index contributed by atoms with van der Waals surface area (Å²) in [6, 6.07) is 10.4. The molecule has 10 heteroatoms. The number of nitrogens with one attached hydrogen (secondary N) is 2. The van der Waals surface area contributed by atoms with Gasteiger partial charge in [0.2, 0.25) is 5.91 Å². The van der Waals surface area contributed by atoms with E-state index in [1.807, 2.05) is 6.07 Å². The lowest BCUT2D eigenvalue weighted by molar-refractivity contribution is -0.137.